The Morgan fingerprint density at radius 2 is 2.42 bits per heavy atom. The van der Waals surface area contributed by atoms with Crippen LogP contribution in [0.5, 0.6) is 0 Å². The van der Waals surface area contributed by atoms with Crippen molar-refractivity contribution in [3.63, 3.8) is 0 Å². The van der Waals surface area contributed by atoms with Crippen LogP contribution in [0.2, 0.25) is 0 Å². The molecule has 2 amide bonds. The minimum absolute atomic E-state index is 0.0683. The minimum atomic E-state index is 0.0683. The molecule has 0 aromatic rings. The van der Waals surface area contributed by atoms with Crippen LogP contribution >= 0.6 is 0 Å². The number of hydrogen-bond donors (Lipinski definition) is 1. The molecule has 1 rings (SSSR count). The lowest BCUT2D eigenvalue weighted by molar-refractivity contribution is 0.192. The van der Waals surface area contributed by atoms with E-state index in [0.29, 0.717) is 0 Å². The van der Waals surface area contributed by atoms with E-state index in [2.05, 4.69) is 11.4 Å². The molecule has 1 aliphatic rings. The van der Waals surface area contributed by atoms with Gasteiger partial charge in [0.05, 0.1) is 0 Å². The zero-order valence-electron chi connectivity index (χ0n) is 7.76. The number of amides is 2. The summed E-state index contributed by atoms with van der Waals surface area (Å²) in [5.74, 6) is 0. The van der Waals surface area contributed by atoms with Gasteiger partial charge in [0.2, 0.25) is 0 Å². The van der Waals surface area contributed by atoms with Crippen molar-refractivity contribution in [1.82, 2.24) is 10.2 Å². The van der Waals surface area contributed by atoms with Crippen LogP contribution in [0.1, 0.15) is 20.3 Å². The average Bonchev–Trinajstić information content (AvgIpc) is 2.03. The number of carbonyl (C=O) groups is 1. The van der Waals surface area contributed by atoms with E-state index in [1.807, 2.05) is 18.7 Å². The lowest BCUT2D eigenvalue weighted by atomic mass is 10.3. The maximum absolute atomic E-state index is 11.2. The first kappa shape index (κ1) is 9.10. The molecule has 0 bridgehead atoms. The van der Waals surface area contributed by atoms with Crippen molar-refractivity contribution < 1.29 is 4.79 Å². The molecular weight excluding hydrogens is 152 g/mol. The van der Waals surface area contributed by atoms with Gasteiger partial charge in [0.25, 0.3) is 0 Å². The van der Waals surface area contributed by atoms with Crippen molar-refractivity contribution in [1.29, 1.82) is 0 Å². The molecule has 3 nitrogen and oxygen atoms in total. The quantitative estimate of drug-likeness (QED) is 0.620. The fourth-order valence-electron chi connectivity index (χ4n) is 1.15. The Bertz CT molecular complexity index is 195. The first-order valence-electron chi connectivity index (χ1n) is 4.36. The molecule has 0 aliphatic carbocycles. The summed E-state index contributed by atoms with van der Waals surface area (Å²) in [6.07, 6.45) is 3.13. The topological polar surface area (TPSA) is 32.3 Å². The third-order valence-corrected chi connectivity index (χ3v) is 1.89. The highest BCUT2D eigenvalue weighted by Gasteiger charge is 2.15. The number of allylic oxidation sites excluding steroid dienone is 1. The Balaban J connectivity index is 2.39. The van der Waals surface area contributed by atoms with Gasteiger partial charge in [-0.05, 0) is 20.3 Å². The molecule has 3 heteroatoms. The standard InChI is InChI=1S/C9H16N2O/c1-8(2)4-7-11-6-3-5-10-9(11)12/h4H,3,5-7H2,1-2H3,(H,10,12). The number of nitrogens with one attached hydrogen (secondary N) is 1. The molecule has 1 saturated heterocycles. The second-order valence-corrected chi connectivity index (χ2v) is 3.31. The van der Waals surface area contributed by atoms with Gasteiger partial charge in [0.1, 0.15) is 0 Å². The molecule has 68 valence electrons. The van der Waals surface area contributed by atoms with Gasteiger partial charge < -0.3 is 10.2 Å². The maximum atomic E-state index is 11.2. The van der Waals surface area contributed by atoms with Gasteiger partial charge in [-0.1, -0.05) is 11.6 Å². The lowest BCUT2D eigenvalue weighted by Gasteiger charge is -2.26. The third kappa shape index (κ3) is 2.57. The fourth-order valence-corrected chi connectivity index (χ4v) is 1.15. The van der Waals surface area contributed by atoms with Crippen molar-refractivity contribution in [3.05, 3.63) is 11.6 Å². The van der Waals surface area contributed by atoms with Crippen LogP contribution in [0.4, 0.5) is 4.79 Å². The van der Waals surface area contributed by atoms with E-state index in [1.165, 1.54) is 5.57 Å². The number of carbonyl (C=O) groups excluding carboxylic acids is 1. The molecule has 1 aliphatic heterocycles. The Kier molecular flexibility index (Phi) is 3.14. The van der Waals surface area contributed by atoms with Crippen molar-refractivity contribution in [3.8, 4) is 0 Å². The predicted octanol–water partition coefficient (Wildman–Crippen LogP) is 1.37. The van der Waals surface area contributed by atoms with Crippen molar-refractivity contribution in [2.24, 2.45) is 0 Å². The monoisotopic (exact) mass is 168 g/mol. The van der Waals surface area contributed by atoms with Gasteiger partial charge in [-0.25, -0.2) is 4.79 Å². The molecule has 1 fully saturated rings. The summed E-state index contributed by atoms with van der Waals surface area (Å²) in [5.41, 5.74) is 1.26. The van der Waals surface area contributed by atoms with Gasteiger partial charge in [-0.15, -0.1) is 0 Å². The lowest BCUT2D eigenvalue weighted by Crippen LogP contribution is -2.46. The van der Waals surface area contributed by atoms with E-state index < -0.39 is 0 Å². The highest BCUT2D eigenvalue weighted by Crippen LogP contribution is 2.00. The molecule has 0 atom stereocenters. The second-order valence-electron chi connectivity index (χ2n) is 3.31. The Morgan fingerprint density at radius 3 is 3.00 bits per heavy atom. The molecule has 12 heavy (non-hydrogen) atoms. The van der Waals surface area contributed by atoms with Crippen LogP contribution in [0.3, 0.4) is 0 Å². The summed E-state index contributed by atoms with van der Waals surface area (Å²) < 4.78 is 0. The summed E-state index contributed by atoms with van der Waals surface area (Å²) in [7, 11) is 0. The van der Waals surface area contributed by atoms with Crippen LogP contribution in [0.25, 0.3) is 0 Å². The van der Waals surface area contributed by atoms with Crippen LogP contribution in [0.15, 0.2) is 11.6 Å². The maximum Gasteiger partial charge on any atom is 0.317 e. The van der Waals surface area contributed by atoms with Crippen LogP contribution < -0.4 is 5.32 Å². The van der Waals surface area contributed by atoms with E-state index in [4.69, 9.17) is 0 Å². The van der Waals surface area contributed by atoms with E-state index >= 15 is 0 Å². The van der Waals surface area contributed by atoms with E-state index in [0.717, 1.165) is 26.1 Å². The zero-order valence-corrected chi connectivity index (χ0v) is 7.76. The second kappa shape index (κ2) is 4.14. The number of hydrogen-bond acceptors (Lipinski definition) is 1. The Labute approximate surface area is 73.4 Å². The molecule has 0 aromatic carbocycles. The fraction of sp³-hybridized carbons (Fsp3) is 0.667. The van der Waals surface area contributed by atoms with Crippen molar-refractivity contribution in [2.45, 2.75) is 20.3 Å². The Morgan fingerprint density at radius 1 is 1.67 bits per heavy atom. The molecule has 0 aromatic heterocycles. The summed E-state index contributed by atoms with van der Waals surface area (Å²) in [6, 6.07) is 0.0683. The van der Waals surface area contributed by atoms with Crippen molar-refractivity contribution in [2.75, 3.05) is 19.6 Å². The van der Waals surface area contributed by atoms with E-state index in [-0.39, 0.29) is 6.03 Å². The highest BCUT2D eigenvalue weighted by atomic mass is 16.2. The molecule has 0 radical (unpaired) electrons. The van der Waals surface area contributed by atoms with Gasteiger partial charge in [-0.2, -0.15) is 0 Å². The molecule has 1 heterocycles. The number of rotatable bonds is 2. The summed E-state index contributed by atoms with van der Waals surface area (Å²) >= 11 is 0. The van der Waals surface area contributed by atoms with Gasteiger partial charge in [0.15, 0.2) is 0 Å². The molecule has 0 spiro atoms. The predicted molar refractivity (Wildman–Crippen MR) is 49.0 cm³/mol. The van der Waals surface area contributed by atoms with Crippen LogP contribution in [-0.4, -0.2) is 30.6 Å². The highest BCUT2D eigenvalue weighted by molar-refractivity contribution is 5.74. The van der Waals surface area contributed by atoms with Gasteiger partial charge in [-0.3, -0.25) is 0 Å². The number of nitrogens with zero attached hydrogens (tertiary/aromatic N) is 1. The average molecular weight is 168 g/mol. The number of urea groups is 1. The molecule has 0 saturated carbocycles. The van der Waals surface area contributed by atoms with Gasteiger partial charge >= 0.3 is 6.03 Å². The van der Waals surface area contributed by atoms with Crippen molar-refractivity contribution >= 4 is 6.03 Å². The Hall–Kier alpha value is -0.990. The SMILES string of the molecule is CC(C)=CCN1CCCNC1=O. The van der Waals surface area contributed by atoms with Crippen LogP contribution in [0, 0.1) is 0 Å². The largest absolute Gasteiger partial charge is 0.338 e. The molecule has 0 unspecified atom stereocenters. The van der Waals surface area contributed by atoms with E-state index in [1.54, 1.807) is 0 Å². The first-order valence-corrected chi connectivity index (χ1v) is 4.36. The van der Waals surface area contributed by atoms with E-state index in [9.17, 15) is 4.79 Å². The summed E-state index contributed by atoms with van der Waals surface area (Å²) in [6.45, 7) is 6.54. The summed E-state index contributed by atoms with van der Waals surface area (Å²) in [5, 5.41) is 2.81. The van der Waals surface area contributed by atoms with Gasteiger partial charge in [0, 0.05) is 19.6 Å². The molecular formula is C9H16N2O. The smallest absolute Gasteiger partial charge is 0.317 e. The third-order valence-electron chi connectivity index (χ3n) is 1.89. The zero-order chi connectivity index (χ0) is 8.97. The van der Waals surface area contributed by atoms with Crippen LogP contribution in [-0.2, 0) is 0 Å². The first-order chi connectivity index (χ1) is 5.70. The minimum Gasteiger partial charge on any atom is -0.338 e. The summed E-state index contributed by atoms with van der Waals surface area (Å²) in [4.78, 5) is 13.0. The molecule has 1 N–H and O–H groups in total. The normalized spacial score (nSPS) is 17.2.